The molecule has 0 spiro atoms. The van der Waals surface area contributed by atoms with Gasteiger partial charge in [0.15, 0.2) is 5.65 Å². The van der Waals surface area contributed by atoms with Gasteiger partial charge in [0, 0.05) is 4.88 Å². The Balaban J connectivity index is 1.61. The van der Waals surface area contributed by atoms with E-state index in [1.165, 1.54) is 4.68 Å². The molecule has 0 saturated carbocycles. The van der Waals surface area contributed by atoms with Crippen LogP contribution in [0.15, 0.2) is 71.1 Å². The molecule has 0 radical (unpaired) electrons. The molecule has 1 amide bonds. The molecule has 5 aromatic rings. The number of aromatic nitrogens is 3. The van der Waals surface area contributed by atoms with Crippen LogP contribution in [0.2, 0.25) is 0 Å². The highest BCUT2D eigenvalue weighted by atomic mass is 32.1. The van der Waals surface area contributed by atoms with E-state index in [2.05, 4.69) is 10.4 Å². The lowest BCUT2D eigenvalue weighted by Gasteiger charge is -2.04. The van der Waals surface area contributed by atoms with Crippen molar-refractivity contribution in [1.29, 1.82) is 0 Å². The molecule has 0 fully saturated rings. The fourth-order valence-electron chi connectivity index (χ4n) is 3.50. The standard InChI is InChI=1S/C24H20N6O2S/c1-32-16-7-4-6-15(12-16)13-27-30-22(25)20(24(31)26-14-17-8-5-11-33-17)21-23(30)29-19-10-3-2-9-18(19)28-21/h2-13H,14,25H2,1H3,(H,26,31)/b27-13-. The summed E-state index contributed by atoms with van der Waals surface area (Å²) >= 11 is 1.57. The Kier molecular flexibility index (Phi) is 5.45. The first kappa shape index (κ1) is 20.7. The molecular weight excluding hydrogens is 436 g/mol. The summed E-state index contributed by atoms with van der Waals surface area (Å²) in [6, 6.07) is 18.8. The SMILES string of the molecule is COc1cccc(/C=N\n2c(N)c(C(=O)NCc3cccs3)c3nc4ccccc4nc32)c1. The Labute approximate surface area is 193 Å². The van der Waals surface area contributed by atoms with Crippen LogP contribution in [0, 0.1) is 0 Å². The molecule has 3 N–H and O–H groups in total. The molecule has 5 rings (SSSR count). The fraction of sp³-hybridized carbons (Fsp3) is 0.0833. The molecule has 0 atom stereocenters. The Bertz CT molecular complexity index is 1490. The van der Waals surface area contributed by atoms with Crippen LogP contribution < -0.4 is 15.8 Å². The fourth-order valence-corrected chi connectivity index (χ4v) is 4.15. The van der Waals surface area contributed by atoms with Crippen LogP contribution in [-0.4, -0.2) is 33.9 Å². The van der Waals surface area contributed by atoms with Crippen molar-refractivity contribution in [3.05, 3.63) is 82.0 Å². The predicted molar refractivity (Wildman–Crippen MR) is 131 cm³/mol. The number of anilines is 1. The molecule has 3 aromatic heterocycles. The maximum absolute atomic E-state index is 13.1. The van der Waals surface area contributed by atoms with Crippen molar-refractivity contribution in [2.75, 3.05) is 12.8 Å². The molecule has 0 bridgehead atoms. The van der Waals surface area contributed by atoms with Gasteiger partial charge in [0.1, 0.15) is 22.6 Å². The van der Waals surface area contributed by atoms with Crippen molar-refractivity contribution >= 4 is 51.5 Å². The normalized spacial score (nSPS) is 11.4. The van der Waals surface area contributed by atoms with Crippen LogP contribution in [0.4, 0.5) is 5.82 Å². The summed E-state index contributed by atoms with van der Waals surface area (Å²) in [4.78, 5) is 23.6. The topological polar surface area (TPSA) is 107 Å². The van der Waals surface area contributed by atoms with Crippen molar-refractivity contribution in [3.8, 4) is 5.75 Å². The second-order valence-corrected chi connectivity index (χ2v) is 8.27. The number of carbonyl (C=O) groups excluding carboxylic acids is 1. The van der Waals surface area contributed by atoms with Gasteiger partial charge in [0.25, 0.3) is 5.91 Å². The number of para-hydroxylation sites is 2. The molecule has 8 nitrogen and oxygen atoms in total. The molecular formula is C24H20N6O2S. The number of nitrogen functional groups attached to an aromatic ring is 1. The van der Waals surface area contributed by atoms with E-state index in [0.717, 1.165) is 10.4 Å². The number of amides is 1. The minimum atomic E-state index is -0.328. The van der Waals surface area contributed by atoms with Crippen LogP contribution in [0.5, 0.6) is 5.75 Å². The summed E-state index contributed by atoms with van der Waals surface area (Å²) in [6.45, 7) is 0.400. The lowest BCUT2D eigenvalue weighted by Crippen LogP contribution is -2.23. The predicted octanol–water partition coefficient (Wildman–Crippen LogP) is 4.05. The minimum absolute atomic E-state index is 0.170. The van der Waals surface area contributed by atoms with Crippen LogP contribution >= 0.6 is 11.3 Å². The number of ether oxygens (including phenoxy) is 1. The second kappa shape index (κ2) is 8.71. The van der Waals surface area contributed by atoms with Crippen LogP contribution in [0.3, 0.4) is 0 Å². The first-order valence-corrected chi connectivity index (χ1v) is 11.1. The van der Waals surface area contributed by atoms with E-state index >= 15 is 0 Å². The summed E-state index contributed by atoms with van der Waals surface area (Å²) in [5.41, 5.74) is 9.67. The third-order valence-electron chi connectivity index (χ3n) is 5.12. The third-order valence-corrected chi connectivity index (χ3v) is 6.00. The third kappa shape index (κ3) is 4.01. The van der Waals surface area contributed by atoms with Crippen LogP contribution in [-0.2, 0) is 6.54 Å². The lowest BCUT2D eigenvalue weighted by molar-refractivity contribution is 0.0953. The van der Waals surface area contributed by atoms with E-state index in [9.17, 15) is 4.79 Å². The zero-order valence-electron chi connectivity index (χ0n) is 17.7. The van der Waals surface area contributed by atoms with E-state index in [4.69, 9.17) is 20.4 Å². The van der Waals surface area contributed by atoms with Crippen LogP contribution in [0.1, 0.15) is 20.8 Å². The Morgan fingerprint density at radius 3 is 2.73 bits per heavy atom. The molecule has 9 heteroatoms. The summed E-state index contributed by atoms with van der Waals surface area (Å²) in [5, 5.41) is 9.42. The largest absolute Gasteiger partial charge is 0.497 e. The number of methoxy groups -OCH3 is 1. The number of nitrogens with zero attached hydrogens (tertiary/aromatic N) is 4. The average Bonchev–Trinajstić information content (AvgIpc) is 3.45. The summed E-state index contributed by atoms with van der Waals surface area (Å²) in [7, 11) is 1.61. The number of fused-ring (bicyclic) bond motifs is 2. The first-order chi connectivity index (χ1) is 16.1. The van der Waals surface area contributed by atoms with Gasteiger partial charge in [-0.25, -0.2) is 9.97 Å². The van der Waals surface area contributed by atoms with Gasteiger partial charge in [0.2, 0.25) is 0 Å². The summed E-state index contributed by atoms with van der Waals surface area (Å²) in [6.07, 6.45) is 1.64. The number of thiophene rings is 1. The molecule has 33 heavy (non-hydrogen) atoms. The van der Waals surface area contributed by atoms with Gasteiger partial charge in [0.05, 0.1) is 30.9 Å². The van der Waals surface area contributed by atoms with Gasteiger partial charge in [-0.2, -0.15) is 9.78 Å². The quantitative estimate of drug-likeness (QED) is 0.375. The number of hydrogen-bond donors (Lipinski definition) is 2. The Morgan fingerprint density at radius 1 is 1.15 bits per heavy atom. The second-order valence-electron chi connectivity index (χ2n) is 7.24. The smallest absolute Gasteiger partial charge is 0.257 e. The van der Waals surface area contributed by atoms with E-state index in [1.54, 1.807) is 24.7 Å². The Hall–Kier alpha value is -4.24. The molecule has 0 aliphatic rings. The van der Waals surface area contributed by atoms with E-state index in [-0.39, 0.29) is 17.3 Å². The molecule has 0 saturated heterocycles. The molecule has 3 heterocycles. The van der Waals surface area contributed by atoms with Gasteiger partial charge >= 0.3 is 0 Å². The highest BCUT2D eigenvalue weighted by Crippen LogP contribution is 2.28. The van der Waals surface area contributed by atoms with E-state index in [0.29, 0.717) is 34.5 Å². The van der Waals surface area contributed by atoms with Crippen molar-refractivity contribution in [1.82, 2.24) is 20.0 Å². The number of carbonyl (C=O) groups is 1. The minimum Gasteiger partial charge on any atom is -0.497 e. The van der Waals surface area contributed by atoms with Gasteiger partial charge in [-0.1, -0.05) is 30.3 Å². The van der Waals surface area contributed by atoms with Gasteiger partial charge in [-0.3, -0.25) is 4.79 Å². The monoisotopic (exact) mass is 456 g/mol. The van der Waals surface area contributed by atoms with E-state index in [1.807, 2.05) is 66.0 Å². The first-order valence-electron chi connectivity index (χ1n) is 10.2. The number of nitrogens with two attached hydrogens (primary N) is 1. The van der Waals surface area contributed by atoms with Crippen LogP contribution in [0.25, 0.3) is 22.2 Å². The highest BCUT2D eigenvalue weighted by Gasteiger charge is 2.24. The van der Waals surface area contributed by atoms with Crippen molar-refractivity contribution in [2.45, 2.75) is 6.54 Å². The molecule has 2 aromatic carbocycles. The maximum Gasteiger partial charge on any atom is 0.257 e. The maximum atomic E-state index is 13.1. The van der Waals surface area contributed by atoms with Crippen molar-refractivity contribution in [3.63, 3.8) is 0 Å². The van der Waals surface area contributed by atoms with Crippen molar-refractivity contribution < 1.29 is 9.53 Å². The van der Waals surface area contributed by atoms with Gasteiger partial charge < -0.3 is 15.8 Å². The van der Waals surface area contributed by atoms with Gasteiger partial charge in [-0.05, 0) is 41.3 Å². The number of rotatable bonds is 6. The molecule has 0 aliphatic heterocycles. The average molecular weight is 457 g/mol. The Morgan fingerprint density at radius 2 is 1.97 bits per heavy atom. The highest BCUT2D eigenvalue weighted by molar-refractivity contribution is 7.09. The van der Waals surface area contributed by atoms with Gasteiger partial charge in [-0.15, -0.1) is 11.3 Å². The molecule has 0 unspecified atom stereocenters. The molecule has 164 valence electrons. The van der Waals surface area contributed by atoms with E-state index < -0.39 is 0 Å². The van der Waals surface area contributed by atoms with Crippen molar-refractivity contribution in [2.24, 2.45) is 5.10 Å². The lowest BCUT2D eigenvalue weighted by atomic mass is 10.2. The number of hydrogen-bond acceptors (Lipinski definition) is 7. The number of benzene rings is 2. The zero-order valence-corrected chi connectivity index (χ0v) is 18.5. The number of nitrogens with one attached hydrogen (secondary N) is 1. The molecule has 0 aliphatic carbocycles. The zero-order chi connectivity index (χ0) is 22.8. The summed E-state index contributed by atoms with van der Waals surface area (Å²) < 4.78 is 6.73. The summed E-state index contributed by atoms with van der Waals surface area (Å²) in [5.74, 6) is 0.553.